The van der Waals surface area contributed by atoms with E-state index in [-0.39, 0.29) is 6.10 Å². The number of hydrogen-bond donors (Lipinski definition) is 0. The standard InChI is InChI=1S/C18H20O3/c1-4-13-21-18(14-9-5-7-11-16(14)19-2)15-10-6-8-12-17(15)20-3/h4-12,18H,1,13H2,2-3H3. The lowest BCUT2D eigenvalue weighted by Gasteiger charge is -2.22. The summed E-state index contributed by atoms with van der Waals surface area (Å²) >= 11 is 0. The van der Waals surface area contributed by atoms with Crippen LogP contribution >= 0.6 is 0 Å². The van der Waals surface area contributed by atoms with Crippen LogP contribution in [-0.4, -0.2) is 20.8 Å². The number of hydrogen-bond acceptors (Lipinski definition) is 3. The van der Waals surface area contributed by atoms with Crippen molar-refractivity contribution in [2.75, 3.05) is 20.8 Å². The second kappa shape index (κ2) is 7.50. The third-order valence-electron chi connectivity index (χ3n) is 3.22. The van der Waals surface area contributed by atoms with Crippen LogP contribution in [0.4, 0.5) is 0 Å². The zero-order valence-electron chi connectivity index (χ0n) is 12.4. The molecule has 110 valence electrons. The maximum Gasteiger partial charge on any atom is 0.125 e. The molecule has 2 aromatic carbocycles. The maximum absolute atomic E-state index is 5.97. The largest absolute Gasteiger partial charge is 0.496 e. The van der Waals surface area contributed by atoms with Crippen molar-refractivity contribution in [3.8, 4) is 11.5 Å². The van der Waals surface area contributed by atoms with Crippen LogP contribution in [0.3, 0.4) is 0 Å². The molecule has 0 aliphatic heterocycles. The smallest absolute Gasteiger partial charge is 0.125 e. The van der Waals surface area contributed by atoms with Gasteiger partial charge in [0.1, 0.15) is 17.6 Å². The molecule has 0 bridgehead atoms. The molecule has 0 aliphatic rings. The second-order valence-electron chi connectivity index (χ2n) is 4.49. The lowest BCUT2D eigenvalue weighted by atomic mass is 9.99. The van der Waals surface area contributed by atoms with Crippen LogP contribution in [0.5, 0.6) is 11.5 Å². The minimum Gasteiger partial charge on any atom is -0.496 e. The Labute approximate surface area is 125 Å². The molecule has 0 saturated heterocycles. The van der Waals surface area contributed by atoms with E-state index in [9.17, 15) is 0 Å². The van der Waals surface area contributed by atoms with E-state index in [1.807, 2.05) is 48.5 Å². The molecule has 3 heteroatoms. The van der Waals surface area contributed by atoms with Crippen molar-refractivity contribution < 1.29 is 14.2 Å². The van der Waals surface area contributed by atoms with E-state index in [0.717, 1.165) is 22.6 Å². The fourth-order valence-electron chi connectivity index (χ4n) is 2.28. The zero-order chi connectivity index (χ0) is 15.1. The Morgan fingerprint density at radius 3 is 1.81 bits per heavy atom. The topological polar surface area (TPSA) is 27.7 Å². The Morgan fingerprint density at radius 2 is 1.38 bits per heavy atom. The second-order valence-corrected chi connectivity index (χ2v) is 4.49. The normalized spacial score (nSPS) is 10.4. The summed E-state index contributed by atoms with van der Waals surface area (Å²) in [6.45, 7) is 4.16. The average Bonchev–Trinajstić information content (AvgIpc) is 2.56. The first-order valence-electron chi connectivity index (χ1n) is 6.80. The quantitative estimate of drug-likeness (QED) is 0.719. The van der Waals surface area contributed by atoms with Crippen LogP contribution in [0.15, 0.2) is 61.2 Å². The minimum atomic E-state index is -0.268. The molecule has 0 saturated carbocycles. The van der Waals surface area contributed by atoms with Crippen LogP contribution in [-0.2, 0) is 4.74 Å². The Morgan fingerprint density at radius 1 is 0.905 bits per heavy atom. The van der Waals surface area contributed by atoms with Gasteiger partial charge in [-0.2, -0.15) is 0 Å². The summed E-state index contributed by atoms with van der Waals surface area (Å²) in [5, 5.41) is 0. The predicted octanol–water partition coefficient (Wildman–Crippen LogP) is 4.00. The SMILES string of the molecule is C=CCOC(c1ccccc1OC)c1ccccc1OC. The van der Waals surface area contributed by atoms with Crippen molar-refractivity contribution in [3.63, 3.8) is 0 Å². The first kappa shape index (κ1) is 15.1. The summed E-state index contributed by atoms with van der Waals surface area (Å²) in [6.07, 6.45) is 1.47. The van der Waals surface area contributed by atoms with Gasteiger partial charge < -0.3 is 14.2 Å². The Kier molecular flexibility index (Phi) is 5.41. The van der Waals surface area contributed by atoms with Gasteiger partial charge in [0.2, 0.25) is 0 Å². The van der Waals surface area contributed by atoms with Crippen molar-refractivity contribution in [2.24, 2.45) is 0 Å². The molecule has 0 aromatic heterocycles. The van der Waals surface area contributed by atoms with Gasteiger partial charge in [-0.25, -0.2) is 0 Å². The summed E-state index contributed by atoms with van der Waals surface area (Å²) < 4.78 is 16.9. The van der Waals surface area contributed by atoms with Crippen molar-refractivity contribution in [3.05, 3.63) is 72.3 Å². The lowest BCUT2D eigenvalue weighted by Crippen LogP contribution is -2.09. The van der Waals surface area contributed by atoms with E-state index in [4.69, 9.17) is 14.2 Å². The fraction of sp³-hybridized carbons (Fsp3) is 0.222. The third-order valence-corrected chi connectivity index (χ3v) is 3.22. The summed E-state index contributed by atoms with van der Waals surface area (Å²) in [5.41, 5.74) is 1.93. The number of para-hydroxylation sites is 2. The maximum atomic E-state index is 5.97. The van der Waals surface area contributed by atoms with E-state index in [1.54, 1.807) is 20.3 Å². The van der Waals surface area contributed by atoms with Gasteiger partial charge in [0, 0.05) is 11.1 Å². The van der Waals surface area contributed by atoms with Gasteiger partial charge in [0.05, 0.1) is 20.8 Å². The molecule has 2 rings (SSSR count). The number of methoxy groups -OCH3 is 2. The van der Waals surface area contributed by atoms with E-state index in [2.05, 4.69) is 6.58 Å². The summed E-state index contributed by atoms with van der Waals surface area (Å²) in [4.78, 5) is 0. The summed E-state index contributed by atoms with van der Waals surface area (Å²) in [7, 11) is 3.32. The van der Waals surface area contributed by atoms with E-state index < -0.39 is 0 Å². The molecule has 2 aromatic rings. The monoisotopic (exact) mass is 284 g/mol. The molecule has 0 aliphatic carbocycles. The van der Waals surface area contributed by atoms with Gasteiger partial charge in [0.25, 0.3) is 0 Å². The molecular weight excluding hydrogens is 264 g/mol. The molecule has 21 heavy (non-hydrogen) atoms. The van der Waals surface area contributed by atoms with Crippen LogP contribution in [0.25, 0.3) is 0 Å². The van der Waals surface area contributed by atoms with Crippen LogP contribution in [0.2, 0.25) is 0 Å². The lowest BCUT2D eigenvalue weighted by molar-refractivity contribution is 0.100. The number of benzene rings is 2. The molecule has 0 fully saturated rings. The summed E-state index contributed by atoms with van der Waals surface area (Å²) in [5.74, 6) is 1.58. The van der Waals surface area contributed by atoms with Crippen LogP contribution in [0, 0.1) is 0 Å². The third kappa shape index (κ3) is 3.44. The molecule has 3 nitrogen and oxygen atoms in total. The van der Waals surface area contributed by atoms with Crippen LogP contribution < -0.4 is 9.47 Å². The van der Waals surface area contributed by atoms with E-state index in [1.165, 1.54) is 0 Å². The highest BCUT2D eigenvalue weighted by molar-refractivity contribution is 5.45. The fourth-order valence-corrected chi connectivity index (χ4v) is 2.28. The highest BCUT2D eigenvalue weighted by Gasteiger charge is 2.21. The molecular formula is C18H20O3. The molecule has 0 N–H and O–H groups in total. The Bertz CT molecular complexity index is 545. The molecule has 0 atom stereocenters. The van der Waals surface area contributed by atoms with E-state index >= 15 is 0 Å². The highest BCUT2D eigenvalue weighted by Crippen LogP contribution is 2.37. The summed E-state index contributed by atoms with van der Waals surface area (Å²) in [6, 6.07) is 15.7. The highest BCUT2D eigenvalue weighted by atomic mass is 16.5. The number of ether oxygens (including phenoxy) is 3. The van der Waals surface area contributed by atoms with Gasteiger partial charge in [-0.15, -0.1) is 6.58 Å². The molecule has 0 amide bonds. The van der Waals surface area contributed by atoms with Crippen molar-refractivity contribution in [1.82, 2.24) is 0 Å². The molecule has 0 unspecified atom stereocenters. The zero-order valence-corrected chi connectivity index (χ0v) is 12.4. The van der Waals surface area contributed by atoms with Gasteiger partial charge in [0.15, 0.2) is 0 Å². The molecule has 0 radical (unpaired) electrons. The van der Waals surface area contributed by atoms with Crippen molar-refractivity contribution in [2.45, 2.75) is 6.10 Å². The average molecular weight is 284 g/mol. The van der Waals surface area contributed by atoms with Crippen molar-refractivity contribution in [1.29, 1.82) is 0 Å². The Hall–Kier alpha value is -2.26. The predicted molar refractivity (Wildman–Crippen MR) is 84.0 cm³/mol. The minimum absolute atomic E-state index is 0.268. The number of rotatable bonds is 7. The van der Waals surface area contributed by atoms with E-state index in [0.29, 0.717) is 6.61 Å². The molecule has 0 spiro atoms. The van der Waals surface area contributed by atoms with Crippen molar-refractivity contribution >= 4 is 0 Å². The van der Waals surface area contributed by atoms with Gasteiger partial charge in [-0.3, -0.25) is 0 Å². The first-order valence-corrected chi connectivity index (χ1v) is 6.80. The molecule has 0 heterocycles. The first-order chi connectivity index (χ1) is 10.3. The van der Waals surface area contributed by atoms with Gasteiger partial charge in [-0.1, -0.05) is 42.5 Å². The van der Waals surface area contributed by atoms with Gasteiger partial charge >= 0.3 is 0 Å². The van der Waals surface area contributed by atoms with Crippen LogP contribution in [0.1, 0.15) is 17.2 Å². The van der Waals surface area contributed by atoms with Gasteiger partial charge in [-0.05, 0) is 12.1 Å². The Balaban J connectivity index is 2.49.